The van der Waals surface area contributed by atoms with Crippen LogP contribution < -0.4 is 5.32 Å². The van der Waals surface area contributed by atoms with E-state index in [1.807, 2.05) is 18.2 Å². The third-order valence-corrected chi connectivity index (χ3v) is 5.65. The number of rotatable bonds is 5. The van der Waals surface area contributed by atoms with Gasteiger partial charge in [0.25, 0.3) is 0 Å². The Hall–Kier alpha value is -1.00. The summed E-state index contributed by atoms with van der Waals surface area (Å²) < 4.78 is 0. The lowest BCUT2D eigenvalue weighted by molar-refractivity contribution is -0.131. The van der Waals surface area contributed by atoms with Crippen molar-refractivity contribution in [3.8, 4) is 0 Å². The number of hydrogen-bond acceptors (Lipinski definition) is 3. The van der Waals surface area contributed by atoms with E-state index >= 15 is 0 Å². The van der Waals surface area contributed by atoms with Gasteiger partial charge < -0.3 is 10.2 Å². The minimum absolute atomic E-state index is 0.289. The van der Waals surface area contributed by atoms with Crippen LogP contribution >= 0.6 is 11.8 Å². The van der Waals surface area contributed by atoms with Gasteiger partial charge in [-0.1, -0.05) is 18.2 Å². The first-order chi connectivity index (χ1) is 10.3. The molecule has 21 heavy (non-hydrogen) atoms. The van der Waals surface area contributed by atoms with Gasteiger partial charge in [-0.3, -0.25) is 4.79 Å². The summed E-state index contributed by atoms with van der Waals surface area (Å²) in [6.45, 7) is 2.94. The van der Waals surface area contributed by atoms with Gasteiger partial charge in [0.05, 0.1) is 5.75 Å². The highest BCUT2D eigenvalue weighted by molar-refractivity contribution is 8.00. The Bertz CT molecular complexity index is 467. The molecule has 1 N–H and O–H groups in total. The van der Waals surface area contributed by atoms with Gasteiger partial charge in [-0.05, 0) is 44.7 Å². The summed E-state index contributed by atoms with van der Waals surface area (Å²) in [5, 5.41) is 3.65. The molecule has 1 aromatic rings. The summed E-state index contributed by atoms with van der Waals surface area (Å²) in [5.41, 5.74) is 0. The number of amides is 1. The average Bonchev–Trinajstić information content (AvgIpc) is 2.85. The van der Waals surface area contributed by atoms with Crippen LogP contribution in [-0.4, -0.2) is 41.2 Å². The maximum atomic E-state index is 12.6. The fourth-order valence-electron chi connectivity index (χ4n) is 3.66. The molecule has 2 aliphatic heterocycles. The van der Waals surface area contributed by atoms with Gasteiger partial charge in [-0.25, -0.2) is 0 Å². The Morgan fingerprint density at radius 2 is 1.90 bits per heavy atom. The molecule has 2 bridgehead atoms. The van der Waals surface area contributed by atoms with Crippen LogP contribution in [0.5, 0.6) is 0 Å². The molecule has 0 aliphatic carbocycles. The topological polar surface area (TPSA) is 32.3 Å². The monoisotopic (exact) mass is 304 g/mol. The quantitative estimate of drug-likeness (QED) is 0.849. The van der Waals surface area contributed by atoms with Crippen molar-refractivity contribution in [1.29, 1.82) is 0 Å². The van der Waals surface area contributed by atoms with E-state index in [4.69, 9.17) is 0 Å². The molecule has 0 saturated carbocycles. The van der Waals surface area contributed by atoms with Gasteiger partial charge in [-0.15, -0.1) is 11.8 Å². The molecular formula is C17H24N2OS. The molecule has 2 saturated heterocycles. The fraction of sp³-hybridized carbons (Fsp3) is 0.588. The molecule has 3 rings (SSSR count). The van der Waals surface area contributed by atoms with Crippen LogP contribution in [0.4, 0.5) is 0 Å². The van der Waals surface area contributed by atoms with Crippen LogP contribution in [0.25, 0.3) is 0 Å². The van der Waals surface area contributed by atoms with Crippen molar-refractivity contribution in [3.05, 3.63) is 30.3 Å². The number of hydrogen-bond donors (Lipinski definition) is 1. The molecule has 2 aliphatic rings. The predicted molar refractivity (Wildman–Crippen MR) is 87.5 cm³/mol. The molecule has 0 spiro atoms. The van der Waals surface area contributed by atoms with Crippen LogP contribution in [0.3, 0.4) is 0 Å². The molecule has 114 valence electrons. The zero-order chi connectivity index (χ0) is 14.7. The smallest absolute Gasteiger partial charge is 0.233 e. The number of nitrogens with zero attached hydrogens (tertiary/aromatic N) is 1. The summed E-state index contributed by atoms with van der Waals surface area (Å²) in [5.74, 6) is 0.842. The number of carbonyl (C=O) groups excluding carboxylic acids is 1. The molecule has 0 radical (unpaired) electrons. The predicted octanol–water partition coefficient (Wildman–Crippen LogP) is 2.91. The lowest BCUT2D eigenvalue weighted by Gasteiger charge is -2.37. The van der Waals surface area contributed by atoms with Crippen molar-refractivity contribution in [3.63, 3.8) is 0 Å². The molecular weight excluding hydrogens is 280 g/mol. The number of carbonyl (C=O) groups is 1. The van der Waals surface area contributed by atoms with E-state index in [0.717, 1.165) is 19.4 Å². The third-order valence-electron chi connectivity index (χ3n) is 4.66. The normalized spacial score (nSPS) is 27.6. The van der Waals surface area contributed by atoms with E-state index in [1.165, 1.54) is 17.7 Å². The van der Waals surface area contributed by atoms with Crippen LogP contribution in [-0.2, 0) is 4.79 Å². The molecule has 3 nitrogen and oxygen atoms in total. The zero-order valence-corrected chi connectivity index (χ0v) is 13.4. The summed E-state index contributed by atoms with van der Waals surface area (Å²) in [4.78, 5) is 15.9. The molecule has 4 heteroatoms. The van der Waals surface area contributed by atoms with E-state index in [0.29, 0.717) is 23.9 Å². The van der Waals surface area contributed by atoms with Crippen LogP contribution in [0, 0.1) is 0 Å². The van der Waals surface area contributed by atoms with Crippen molar-refractivity contribution in [2.45, 2.75) is 55.6 Å². The number of benzene rings is 1. The highest BCUT2D eigenvalue weighted by Gasteiger charge is 2.36. The lowest BCUT2D eigenvalue weighted by atomic mass is 9.98. The minimum Gasteiger partial charge on any atom is -0.339 e. The molecule has 0 aromatic heterocycles. The van der Waals surface area contributed by atoms with Crippen LogP contribution in [0.2, 0.25) is 0 Å². The second-order valence-electron chi connectivity index (χ2n) is 6.04. The highest BCUT2D eigenvalue weighted by Crippen LogP contribution is 2.30. The molecule has 2 heterocycles. The summed E-state index contributed by atoms with van der Waals surface area (Å²) >= 11 is 1.65. The van der Waals surface area contributed by atoms with Gasteiger partial charge in [0.1, 0.15) is 0 Å². The SMILES string of the molecule is CCN(C(=O)CSc1ccccc1)C1CC2CCC(C1)N2. The number of nitrogens with one attached hydrogen (secondary N) is 1. The van der Waals surface area contributed by atoms with Gasteiger partial charge in [-0.2, -0.15) is 0 Å². The van der Waals surface area contributed by atoms with E-state index in [2.05, 4.69) is 29.3 Å². The van der Waals surface area contributed by atoms with Crippen molar-refractivity contribution >= 4 is 17.7 Å². The van der Waals surface area contributed by atoms with Crippen LogP contribution in [0.15, 0.2) is 35.2 Å². The van der Waals surface area contributed by atoms with E-state index in [1.54, 1.807) is 11.8 Å². The third kappa shape index (κ3) is 3.61. The molecule has 2 fully saturated rings. The van der Waals surface area contributed by atoms with Gasteiger partial charge >= 0.3 is 0 Å². The van der Waals surface area contributed by atoms with Crippen molar-refractivity contribution in [2.24, 2.45) is 0 Å². The van der Waals surface area contributed by atoms with E-state index in [-0.39, 0.29) is 5.91 Å². The maximum Gasteiger partial charge on any atom is 0.233 e. The fourth-order valence-corrected chi connectivity index (χ4v) is 4.47. The second-order valence-corrected chi connectivity index (χ2v) is 7.09. The van der Waals surface area contributed by atoms with E-state index in [9.17, 15) is 4.79 Å². The molecule has 2 atom stereocenters. The van der Waals surface area contributed by atoms with Gasteiger partial charge in [0.2, 0.25) is 5.91 Å². The standard InChI is InChI=1S/C17H24N2OS/c1-2-19(15-10-13-8-9-14(11-15)18-13)17(20)12-21-16-6-4-3-5-7-16/h3-7,13-15,18H,2,8-12H2,1H3. The summed E-state index contributed by atoms with van der Waals surface area (Å²) in [6.07, 6.45) is 4.83. The van der Waals surface area contributed by atoms with Crippen LogP contribution in [0.1, 0.15) is 32.6 Å². The van der Waals surface area contributed by atoms with Gasteiger partial charge in [0.15, 0.2) is 0 Å². The summed E-state index contributed by atoms with van der Waals surface area (Å²) in [6, 6.07) is 11.9. The molecule has 2 unspecified atom stereocenters. The van der Waals surface area contributed by atoms with Crippen molar-refractivity contribution in [2.75, 3.05) is 12.3 Å². The van der Waals surface area contributed by atoms with E-state index < -0.39 is 0 Å². The first-order valence-electron chi connectivity index (χ1n) is 7.99. The average molecular weight is 304 g/mol. The first kappa shape index (κ1) is 14.9. The largest absolute Gasteiger partial charge is 0.339 e. The Labute approximate surface area is 131 Å². The molecule has 1 amide bonds. The Morgan fingerprint density at radius 3 is 2.52 bits per heavy atom. The Morgan fingerprint density at radius 1 is 1.24 bits per heavy atom. The second kappa shape index (κ2) is 6.84. The summed E-state index contributed by atoms with van der Waals surface area (Å²) in [7, 11) is 0. The van der Waals surface area contributed by atoms with Crippen molar-refractivity contribution < 1.29 is 4.79 Å². The Balaban J connectivity index is 1.56. The lowest BCUT2D eigenvalue weighted by Crippen LogP contribution is -2.50. The number of fused-ring (bicyclic) bond motifs is 2. The first-order valence-corrected chi connectivity index (χ1v) is 8.98. The Kier molecular flexibility index (Phi) is 4.86. The van der Waals surface area contributed by atoms with Crippen molar-refractivity contribution in [1.82, 2.24) is 10.2 Å². The number of thioether (sulfide) groups is 1. The highest BCUT2D eigenvalue weighted by atomic mass is 32.2. The zero-order valence-electron chi connectivity index (χ0n) is 12.6. The minimum atomic E-state index is 0.289. The maximum absolute atomic E-state index is 12.6. The van der Waals surface area contributed by atoms with Gasteiger partial charge in [0, 0.05) is 29.6 Å². The molecule has 1 aromatic carbocycles. The number of piperidine rings is 1.